The number of halogens is 3. The molecule has 0 amide bonds. The number of hydrogen-bond donors (Lipinski definition) is 3. The van der Waals surface area contributed by atoms with Gasteiger partial charge >= 0.3 is 0 Å². The zero-order chi connectivity index (χ0) is 24.8. The van der Waals surface area contributed by atoms with E-state index in [4.69, 9.17) is 43.5 Å². The Balaban J connectivity index is 0.000000247. The fraction of sp³-hybridized carbons (Fsp3) is 0. The van der Waals surface area contributed by atoms with Gasteiger partial charge in [-0.2, -0.15) is 0 Å². The van der Waals surface area contributed by atoms with Crippen molar-refractivity contribution in [2.24, 2.45) is 15.3 Å². The molecule has 33 heavy (non-hydrogen) atoms. The van der Waals surface area contributed by atoms with Crippen LogP contribution in [0.1, 0.15) is 0 Å². The Kier molecular flexibility index (Phi) is 10.7. The Morgan fingerprint density at radius 3 is 1.91 bits per heavy atom. The lowest BCUT2D eigenvalue weighted by molar-refractivity contribution is 0.469. The van der Waals surface area contributed by atoms with Gasteiger partial charge in [0.25, 0.3) is 0 Å². The predicted molar refractivity (Wildman–Crippen MR) is 116 cm³/mol. The lowest BCUT2D eigenvalue weighted by atomic mass is 10.3. The molecular formula is C18H12ClF2N9O3. The maximum atomic E-state index is 12.6. The fourth-order valence-electron chi connectivity index (χ4n) is 1.91. The standard InChI is InChI=1S/C6H4ClN3O.2C6H4FN3O/c7-5-2-1-4(9-10-8)3-6(5)11;7-4-1-5(9-10-8)3-6(11)2-4;7-5-2-1-4(11)3-6(5)9-10-8/h3*1-3,11H. The first-order valence-electron chi connectivity index (χ1n) is 8.32. The predicted octanol–water partition coefficient (Wildman–Crippen LogP) is 7.93. The number of azide groups is 3. The van der Waals surface area contributed by atoms with E-state index >= 15 is 0 Å². The molecule has 0 spiro atoms. The second-order valence-electron chi connectivity index (χ2n) is 5.51. The average Bonchev–Trinajstić information content (AvgIpc) is 2.74. The second-order valence-corrected chi connectivity index (χ2v) is 5.91. The topological polar surface area (TPSA) is 207 Å². The van der Waals surface area contributed by atoms with Crippen LogP contribution in [0.4, 0.5) is 25.8 Å². The van der Waals surface area contributed by atoms with Crippen molar-refractivity contribution in [1.82, 2.24) is 0 Å². The molecule has 0 aliphatic rings. The van der Waals surface area contributed by atoms with Crippen LogP contribution in [0.15, 0.2) is 69.9 Å². The first-order valence-corrected chi connectivity index (χ1v) is 8.69. The van der Waals surface area contributed by atoms with E-state index in [1.54, 1.807) is 0 Å². The molecule has 0 aliphatic heterocycles. The molecule has 0 saturated carbocycles. The number of aromatic hydroxyl groups is 3. The molecule has 0 aliphatic carbocycles. The van der Waals surface area contributed by atoms with Crippen molar-refractivity contribution >= 4 is 28.7 Å². The van der Waals surface area contributed by atoms with E-state index in [0.717, 1.165) is 24.3 Å². The highest BCUT2D eigenvalue weighted by Crippen LogP contribution is 2.27. The molecule has 3 N–H and O–H groups in total. The summed E-state index contributed by atoms with van der Waals surface area (Å²) < 4.78 is 25.0. The second kappa shape index (κ2) is 13.4. The third-order valence-electron chi connectivity index (χ3n) is 3.20. The van der Waals surface area contributed by atoms with Crippen molar-refractivity contribution in [3.8, 4) is 17.2 Å². The van der Waals surface area contributed by atoms with Gasteiger partial charge in [0.05, 0.1) is 10.7 Å². The highest BCUT2D eigenvalue weighted by Gasteiger charge is 1.99. The molecule has 0 radical (unpaired) electrons. The summed E-state index contributed by atoms with van der Waals surface area (Å²) >= 11 is 5.50. The molecule has 15 heteroatoms. The molecular weight excluding hydrogens is 464 g/mol. The van der Waals surface area contributed by atoms with Gasteiger partial charge in [0, 0.05) is 32.2 Å². The van der Waals surface area contributed by atoms with E-state index in [0.29, 0.717) is 5.69 Å². The van der Waals surface area contributed by atoms with Crippen LogP contribution in [0.5, 0.6) is 17.2 Å². The number of rotatable bonds is 3. The number of phenolic OH excluding ortho intramolecular Hbond substituents is 3. The number of hydrogen-bond acceptors (Lipinski definition) is 6. The third-order valence-corrected chi connectivity index (χ3v) is 3.52. The van der Waals surface area contributed by atoms with Crippen LogP contribution in [-0.2, 0) is 0 Å². The molecule has 0 aromatic heterocycles. The van der Waals surface area contributed by atoms with Crippen LogP contribution in [0, 0.1) is 11.6 Å². The summed E-state index contributed by atoms with van der Waals surface area (Å²) in [5, 5.41) is 36.3. The minimum Gasteiger partial charge on any atom is -0.508 e. The molecule has 168 valence electrons. The van der Waals surface area contributed by atoms with Gasteiger partial charge in [-0.25, -0.2) is 8.78 Å². The van der Waals surface area contributed by atoms with Crippen LogP contribution < -0.4 is 0 Å². The van der Waals surface area contributed by atoms with Crippen LogP contribution in [0.2, 0.25) is 5.02 Å². The van der Waals surface area contributed by atoms with Crippen molar-refractivity contribution in [1.29, 1.82) is 0 Å². The van der Waals surface area contributed by atoms with E-state index in [1.165, 1.54) is 30.3 Å². The summed E-state index contributed by atoms with van der Waals surface area (Å²) in [6, 6.07) is 10.6. The summed E-state index contributed by atoms with van der Waals surface area (Å²) in [7, 11) is 0. The van der Waals surface area contributed by atoms with Gasteiger partial charge in [-0.3, -0.25) is 0 Å². The molecule has 0 saturated heterocycles. The minimum absolute atomic E-state index is 0.0602. The van der Waals surface area contributed by atoms with Crippen molar-refractivity contribution in [2.75, 3.05) is 0 Å². The van der Waals surface area contributed by atoms with Crippen molar-refractivity contribution in [3.63, 3.8) is 0 Å². The maximum absolute atomic E-state index is 12.6. The fourth-order valence-corrected chi connectivity index (χ4v) is 2.03. The van der Waals surface area contributed by atoms with Gasteiger partial charge in [0.2, 0.25) is 0 Å². The number of nitrogens with zero attached hydrogens (tertiary/aromatic N) is 9. The molecule has 0 heterocycles. The summed E-state index contributed by atoms with van der Waals surface area (Å²) in [6.07, 6.45) is 0. The van der Waals surface area contributed by atoms with E-state index in [-0.39, 0.29) is 33.6 Å². The van der Waals surface area contributed by atoms with Gasteiger partial charge in [0.15, 0.2) is 0 Å². The Bertz CT molecular complexity index is 1250. The van der Waals surface area contributed by atoms with Gasteiger partial charge in [-0.15, -0.1) is 0 Å². The Labute approximate surface area is 188 Å². The van der Waals surface area contributed by atoms with Crippen molar-refractivity contribution < 1.29 is 24.1 Å². The van der Waals surface area contributed by atoms with Gasteiger partial charge in [-0.1, -0.05) is 33.0 Å². The molecule has 3 aromatic rings. The van der Waals surface area contributed by atoms with Crippen LogP contribution in [0.25, 0.3) is 31.3 Å². The molecule has 3 aromatic carbocycles. The van der Waals surface area contributed by atoms with Crippen molar-refractivity contribution in [2.45, 2.75) is 0 Å². The average molecular weight is 476 g/mol. The smallest absolute Gasteiger partial charge is 0.134 e. The minimum atomic E-state index is -0.652. The molecule has 0 unspecified atom stereocenters. The molecule has 0 fully saturated rings. The largest absolute Gasteiger partial charge is 0.508 e. The van der Waals surface area contributed by atoms with E-state index < -0.39 is 11.6 Å². The zero-order valence-corrected chi connectivity index (χ0v) is 17.0. The van der Waals surface area contributed by atoms with Gasteiger partial charge in [-0.05, 0) is 59.1 Å². The Hall–Kier alpha value is -4.86. The molecule has 0 bridgehead atoms. The van der Waals surface area contributed by atoms with Gasteiger partial charge in [0.1, 0.15) is 28.9 Å². The third kappa shape index (κ3) is 9.66. The van der Waals surface area contributed by atoms with Crippen LogP contribution in [0.3, 0.4) is 0 Å². The van der Waals surface area contributed by atoms with Crippen LogP contribution in [-0.4, -0.2) is 15.3 Å². The lowest BCUT2D eigenvalue weighted by Gasteiger charge is -1.95. The van der Waals surface area contributed by atoms with E-state index in [9.17, 15) is 8.78 Å². The zero-order valence-electron chi connectivity index (χ0n) is 16.2. The first-order chi connectivity index (χ1) is 15.7. The highest BCUT2D eigenvalue weighted by atomic mass is 35.5. The summed E-state index contributed by atoms with van der Waals surface area (Å²) in [4.78, 5) is 7.36. The monoisotopic (exact) mass is 475 g/mol. The summed E-state index contributed by atoms with van der Waals surface area (Å²) in [5.74, 6) is -1.76. The Morgan fingerprint density at radius 2 is 1.33 bits per heavy atom. The lowest BCUT2D eigenvalue weighted by Crippen LogP contribution is -1.72. The first kappa shape index (κ1) is 26.2. The normalized spacial score (nSPS) is 8.82. The van der Waals surface area contributed by atoms with E-state index in [2.05, 4.69) is 30.1 Å². The highest BCUT2D eigenvalue weighted by molar-refractivity contribution is 6.32. The van der Waals surface area contributed by atoms with Gasteiger partial charge < -0.3 is 15.3 Å². The maximum Gasteiger partial charge on any atom is 0.134 e. The molecule has 12 nitrogen and oxygen atoms in total. The number of benzene rings is 3. The number of phenols is 3. The Morgan fingerprint density at radius 1 is 0.697 bits per heavy atom. The summed E-state index contributed by atoms with van der Waals surface area (Å²) in [5.41, 5.74) is 24.1. The van der Waals surface area contributed by atoms with E-state index in [1.807, 2.05) is 0 Å². The SMILES string of the molecule is [N-]=[N+]=Nc1cc(O)cc(F)c1.[N-]=[N+]=Nc1cc(O)ccc1F.[N-]=[N+]=Nc1ccc(Cl)c(O)c1. The summed E-state index contributed by atoms with van der Waals surface area (Å²) in [6.45, 7) is 0. The van der Waals surface area contributed by atoms with Crippen LogP contribution >= 0.6 is 11.6 Å². The van der Waals surface area contributed by atoms with Crippen molar-refractivity contribution in [3.05, 3.63) is 103 Å². The molecule has 0 atom stereocenters. The quantitative estimate of drug-likeness (QED) is 0.196. The molecule has 3 rings (SSSR count).